The summed E-state index contributed by atoms with van der Waals surface area (Å²) in [5.41, 5.74) is 0.588. The van der Waals surface area contributed by atoms with E-state index in [0.717, 1.165) is 11.6 Å². The molecule has 0 radical (unpaired) electrons. The Morgan fingerprint density at radius 1 is 1.36 bits per heavy atom. The van der Waals surface area contributed by atoms with Crippen LogP contribution >= 0.6 is 0 Å². The summed E-state index contributed by atoms with van der Waals surface area (Å²) in [4.78, 5) is 4.35. The van der Waals surface area contributed by atoms with Gasteiger partial charge in [0.05, 0.1) is 12.6 Å². The molecule has 1 atom stereocenters. The second kappa shape index (κ2) is 6.36. The van der Waals surface area contributed by atoms with E-state index in [4.69, 9.17) is 4.52 Å². The van der Waals surface area contributed by atoms with Gasteiger partial charge in [-0.25, -0.2) is 4.39 Å². The summed E-state index contributed by atoms with van der Waals surface area (Å²) in [5, 5.41) is 15.8. The van der Waals surface area contributed by atoms with Crippen LogP contribution in [0.15, 0.2) is 28.8 Å². The van der Waals surface area contributed by atoms with Gasteiger partial charge in [0.1, 0.15) is 17.5 Å². The van der Waals surface area contributed by atoms with Crippen molar-refractivity contribution < 1.29 is 8.91 Å². The molecule has 1 aromatic carbocycles. The highest BCUT2D eigenvalue weighted by Crippen LogP contribution is 2.38. The molecule has 0 amide bonds. The first-order chi connectivity index (χ1) is 12.1. The SMILES string of the molecule is CC(NCc1nnc(C2CC2)n1C)c1nc(-c2cccc(F)c2)no1. The van der Waals surface area contributed by atoms with Crippen molar-refractivity contribution >= 4 is 0 Å². The summed E-state index contributed by atoms with van der Waals surface area (Å²) in [5.74, 6) is 2.98. The maximum absolute atomic E-state index is 13.3. The van der Waals surface area contributed by atoms with Gasteiger partial charge in [-0.15, -0.1) is 10.2 Å². The second-order valence-corrected chi connectivity index (χ2v) is 6.38. The van der Waals surface area contributed by atoms with E-state index < -0.39 is 0 Å². The summed E-state index contributed by atoms with van der Waals surface area (Å²) in [6.07, 6.45) is 2.39. The van der Waals surface area contributed by atoms with Crippen molar-refractivity contribution in [1.29, 1.82) is 0 Å². The minimum absolute atomic E-state index is 0.157. The fourth-order valence-corrected chi connectivity index (χ4v) is 2.71. The summed E-state index contributed by atoms with van der Waals surface area (Å²) in [6.45, 7) is 2.48. The maximum atomic E-state index is 13.3. The molecular formula is C17H19FN6O. The first kappa shape index (κ1) is 15.9. The van der Waals surface area contributed by atoms with Crippen LogP contribution in [0.25, 0.3) is 11.4 Å². The lowest BCUT2D eigenvalue weighted by atomic mass is 10.2. The van der Waals surface area contributed by atoms with E-state index in [1.54, 1.807) is 12.1 Å². The van der Waals surface area contributed by atoms with Gasteiger partial charge < -0.3 is 9.09 Å². The van der Waals surface area contributed by atoms with Crippen LogP contribution in [0.2, 0.25) is 0 Å². The summed E-state index contributed by atoms with van der Waals surface area (Å²) in [6, 6.07) is 5.97. The Bertz CT molecular complexity index is 885. The van der Waals surface area contributed by atoms with E-state index in [1.165, 1.54) is 25.0 Å². The fourth-order valence-electron chi connectivity index (χ4n) is 2.71. The molecule has 1 unspecified atom stereocenters. The molecule has 7 nitrogen and oxygen atoms in total. The maximum Gasteiger partial charge on any atom is 0.243 e. The largest absolute Gasteiger partial charge is 0.337 e. The van der Waals surface area contributed by atoms with Crippen LogP contribution in [0.3, 0.4) is 0 Å². The minimum Gasteiger partial charge on any atom is -0.337 e. The molecule has 0 spiro atoms. The molecule has 25 heavy (non-hydrogen) atoms. The molecule has 1 N–H and O–H groups in total. The van der Waals surface area contributed by atoms with Gasteiger partial charge in [0.25, 0.3) is 0 Å². The van der Waals surface area contributed by atoms with Crippen molar-refractivity contribution in [3.8, 4) is 11.4 Å². The molecule has 130 valence electrons. The van der Waals surface area contributed by atoms with E-state index in [2.05, 4.69) is 25.7 Å². The molecule has 1 aliphatic carbocycles. The molecule has 1 fully saturated rings. The van der Waals surface area contributed by atoms with Crippen molar-refractivity contribution in [3.05, 3.63) is 47.6 Å². The molecule has 1 saturated carbocycles. The molecule has 0 saturated heterocycles. The van der Waals surface area contributed by atoms with E-state index >= 15 is 0 Å². The predicted molar refractivity (Wildman–Crippen MR) is 87.9 cm³/mol. The lowest BCUT2D eigenvalue weighted by molar-refractivity contribution is 0.337. The molecule has 1 aliphatic rings. The van der Waals surface area contributed by atoms with Crippen LogP contribution in [0.4, 0.5) is 4.39 Å². The third-order valence-electron chi connectivity index (χ3n) is 4.40. The topological polar surface area (TPSA) is 81.7 Å². The van der Waals surface area contributed by atoms with Crippen molar-refractivity contribution in [2.75, 3.05) is 0 Å². The van der Waals surface area contributed by atoms with Gasteiger partial charge in [0, 0.05) is 18.5 Å². The zero-order valence-corrected chi connectivity index (χ0v) is 14.1. The lowest BCUT2D eigenvalue weighted by Crippen LogP contribution is -2.20. The van der Waals surface area contributed by atoms with Crippen LogP contribution in [-0.4, -0.2) is 24.9 Å². The van der Waals surface area contributed by atoms with Crippen molar-refractivity contribution in [2.45, 2.75) is 38.3 Å². The number of rotatable bonds is 6. The van der Waals surface area contributed by atoms with E-state index in [0.29, 0.717) is 29.7 Å². The average molecular weight is 342 g/mol. The lowest BCUT2D eigenvalue weighted by Gasteiger charge is -2.09. The monoisotopic (exact) mass is 342 g/mol. The molecule has 0 bridgehead atoms. The smallest absolute Gasteiger partial charge is 0.243 e. The number of aromatic nitrogens is 5. The Kier molecular flexibility index (Phi) is 4.04. The van der Waals surface area contributed by atoms with E-state index in [-0.39, 0.29) is 11.9 Å². The summed E-state index contributed by atoms with van der Waals surface area (Å²) < 4.78 is 20.7. The summed E-state index contributed by atoms with van der Waals surface area (Å²) >= 11 is 0. The van der Waals surface area contributed by atoms with Crippen molar-refractivity contribution in [1.82, 2.24) is 30.2 Å². The number of nitrogens with zero attached hydrogens (tertiary/aromatic N) is 5. The second-order valence-electron chi connectivity index (χ2n) is 6.38. The Labute approximate surface area is 144 Å². The highest BCUT2D eigenvalue weighted by molar-refractivity contribution is 5.53. The number of hydrogen-bond donors (Lipinski definition) is 1. The highest BCUT2D eigenvalue weighted by Gasteiger charge is 2.29. The molecule has 3 aromatic rings. The van der Waals surface area contributed by atoms with Gasteiger partial charge in [0.15, 0.2) is 0 Å². The Morgan fingerprint density at radius 2 is 2.20 bits per heavy atom. The van der Waals surface area contributed by atoms with Crippen LogP contribution in [0.5, 0.6) is 0 Å². The summed E-state index contributed by atoms with van der Waals surface area (Å²) in [7, 11) is 1.99. The van der Waals surface area contributed by atoms with Crippen LogP contribution in [-0.2, 0) is 13.6 Å². The number of benzene rings is 1. The zero-order valence-electron chi connectivity index (χ0n) is 14.1. The zero-order chi connectivity index (χ0) is 17.4. The Morgan fingerprint density at radius 3 is 2.96 bits per heavy atom. The number of nitrogens with one attached hydrogen (secondary N) is 1. The molecule has 8 heteroatoms. The molecule has 2 aromatic heterocycles. The first-order valence-electron chi connectivity index (χ1n) is 8.33. The minimum atomic E-state index is -0.330. The van der Waals surface area contributed by atoms with Gasteiger partial charge in [-0.3, -0.25) is 5.32 Å². The van der Waals surface area contributed by atoms with Crippen LogP contribution in [0, 0.1) is 5.82 Å². The third-order valence-corrected chi connectivity index (χ3v) is 4.40. The quantitative estimate of drug-likeness (QED) is 0.742. The van der Waals surface area contributed by atoms with Crippen molar-refractivity contribution in [2.24, 2.45) is 7.05 Å². The van der Waals surface area contributed by atoms with Gasteiger partial charge in [-0.05, 0) is 31.9 Å². The molecule has 4 rings (SSSR count). The normalized spacial score (nSPS) is 15.5. The first-order valence-corrected chi connectivity index (χ1v) is 8.33. The van der Waals surface area contributed by atoms with Gasteiger partial charge in [-0.2, -0.15) is 4.98 Å². The predicted octanol–water partition coefficient (Wildman–Crippen LogP) is 2.73. The van der Waals surface area contributed by atoms with E-state index in [1.807, 2.05) is 18.5 Å². The fraction of sp³-hybridized carbons (Fsp3) is 0.412. The van der Waals surface area contributed by atoms with E-state index in [9.17, 15) is 4.39 Å². The Hall–Kier alpha value is -2.61. The average Bonchev–Trinajstić information content (AvgIpc) is 3.19. The van der Waals surface area contributed by atoms with Gasteiger partial charge in [-0.1, -0.05) is 17.3 Å². The standard InChI is InChI=1S/C17H19FN6O/c1-10(19-9-14-21-22-16(24(14)2)11-6-7-11)17-20-15(23-25-17)12-4-3-5-13(18)8-12/h3-5,8,10-11,19H,6-7,9H2,1-2H3. The molecule has 2 heterocycles. The van der Waals surface area contributed by atoms with Gasteiger partial charge in [0.2, 0.25) is 11.7 Å². The number of halogens is 1. The van der Waals surface area contributed by atoms with Crippen LogP contribution in [0.1, 0.15) is 49.3 Å². The van der Waals surface area contributed by atoms with Crippen LogP contribution < -0.4 is 5.32 Å². The molecular weight excluding hydrogens is 323 g/mol. The Balaban J connectivity index is 1.42. The van der Waals surface area contributed by atoms with Gasteiger partial charge >= 0.3 is 0 Å². The number of hydrogen-bond acceptors (Lipinski definition) is 6. The molecule has 0 aliphatic heterocycles. The van der Waals surface area contributed by atoms with Crippen molar-refractivity contribution in [3.63, 3.8) is 0 Å². The highest BCUT2D eigenvalue weighted by atomic mass is 19.1. The third kappa shape index (κ3) is 3.30.